The molecule has 1 saturated carbocycles. The molecule has 0 atom stereocenters. The summed E-state index contributed by atoms with van der Waals surface area (Å²) in [6, 6.07) is 0. The molecule has 0 aromatic carbocycles. The van der Waals surface area contributed by atoms with Gasteiger partial charge in [0.1, 0.15) is 11.4 Å². The van der Waals surface area contributed by atoms with Gasteiger partial charge in [0.2, 0.25) is 0 Å². The molecule has 0 N–H and O–H groups in total. The van der Waals surface area contributed by atoms with Crippen molar-refractivity contribution in [3.05, 3.63) is 11.4 Å². The van der Waals surface area contributed by atoms with Crippen LogP contribution >= 0.6 is 0 Å². The Balaban J connectivity index is 2.17. The Hall–Kier alpha value is -0.860. The SMILES string of the molecule is CC(C)c1nonc1C1CCCCC1. The summed E-state index contributed by atoms with van der Waals surface area (Å²) in [6.45, 7) is 4.29. The molecular weight excluding hydrogens is 176 g/mol. The Morgan fingerprint density at radius 3 is 2.50 bits per heavy atom. The van der Waals surface area contributed by atoms with E-state index >= 15 is 0 Å². The molecule has 2 rings (SSSR count). The third-order valence-electron chi connectivity index (χ3n) is 3.08. The van der Waals surface area contributed by atoms with Gasteiger partial charge in [0.15, 0.2) is 0 Å². The highest BCUT2D eigenvalue weighted by Crippen LogP contribution is 2.34. The molecule has 3 heteroatoms. The molecule has 0 amide bonds. The first kappa shape index (κ1) is 9.69. The van der Waals surface area contributed by atoms with Gasteiger partial charge in [0.05, 0.1) is 0 Å². The molecule has 1 aliphatic rings. The maximum atomic E-state index is 4.86. The van der Waals surface area contributed by atoms with E-state index in [1.807, 2.05) is 0 Å². The Kier molecular flexibility index (Phi) is 2.85. The number of nitrogens with zero attached hydrogens (tertiary/aromatic N) is 2. The van der Waals surface area contributed by atoms with E-state index in [9.17, 15) is 0 Å². The van der Waals surface area contributed by atoms with Crippen LogP contribution in [0.5, 0.6) is 0 Å². The summed E-state index contributed by atoms with van der Waals surface area (Å²) in [7, 11) is 0. The molecule has 14 heavy (non-hydrogen) atoms. The van der Waals surface area contributed by atoms with Crippen LogP contribution in [0.4, 0.5) is 0 Å². The first-order chi connectivity index (χ1) is 6.79. The highest BCUT2D eigenvalue weighted by molar-refractivity contribution is 5.16. The summed E-state index contributed by atoms with van der Waals surface area (Å²) in [5.41, 5.74) is 2.19. The van der Waals surface area contributed by atoms with E-state index in [-0.39, 0.29) is 0 Å². The maximum Gasteiger partial charge on any atom is 0.111 e. The van der Waals surface area contributed by atoms with Gasteiger partial charge in [-0.2, -0.15) is 0 Å². The lowest BCUT2D eigenvalue weighted by Gasteiger charge is -2.20. The van der Waals surface area contributed by atoms with E-state index < -0.39 is 0 Å². The normalized spacial score (nSPS) is 19.1. The van der Waals surface area contributed by atoms with Gasteiger partial charge in [-0.25, -0.2) is 4.63 Å². The first-order valence-corrected chi connectivity index (χ1v) is 5.61. The zero-order valence-corrected chi connectivity index (χ0v) is 8.99. The fraction of sp³-hybridized carbons (Fsp3) is 0.818. The van der Waals surface area contributed by atoms with Gasteiger partial charge in [-0.15, -0.1) is 0 Å². The van der Waals surface area contributed by atoms with Crippen molar-refractivity contribution in [2.24, 2.45) is 0 Å². The van der Waals surface area contributed by atoms with E-state index in [2.05, 4.69) is 24.2 Å². The van der Waals surface area contributed by atoms with Gasteiger partial charge in [-0.05, 0) is 12.8 Å². The topological polar surface area (TPSA) is 38.9 Å². The van der Waals surface area contributed by atoms with Crippen LogP contribution in [-0.4, -0.2) is 10.3 Å². The fourth-order valence-corrected chi connectivity index (χ4v) is 2.26. The molecule has 0 aliphatic heterocycles. The van der Waals surface area contributed by atoms with Crippen molar-refractivity contribution in [2.45, 2.75) is 57.8 Å². The van der Waals surface area contributed by atoms with Gasteiger partial charge < -0.3 is 0 Å². The van der Waals surface area contributed by atoms with Crippen molar-refractivity contribution in [1.82, 2.24) is 10.3 Å². The van der Waals surface area contributed by atoms with E-state index in [0.717, 1.165) is 11.4 Å². The summed E-state index contributed by atoms with van der Waals surface area (Å²) < 4.78 is 4.86. The molecule has 1 fully saturated rings. The second-order valence-electron chi connectivity index (χ2n) is 4.52. The van der Waals surface area contributed by atoms with Crippen molar-refractivity contribution in [1.29, 1.82) is 0 Å². The number of aromatic nitrogens is 2. The Morgan fingerprint density at radius 1 is 1.14 bits per heavy atom. The minimum atomic E-state index is 0.429. The predicted molar refractivity (Wildman–Crippen MR) is 54.2 cm³/mol. The summed E-state index contributed by atoms with van der Waals surface area (Å²) in [6.07, 6.45) is 6.55. The largest absolute Gasteiger partial charge is 0.244 e. The van der Waals surface area contributed by atoms with Crippen molar-refractivity contribution in [2.75, 3.05) is 0 Å². The smallest absolute Gasteiger partial charge is 0.111 e. The molecule has 0 bridgehead atoms. The summed E-state index contributed by atoms with van der Waals surface area (Å²) in [5, 5.41) is 8.08. The maximum absolute atomic E-state index is 4.86. The molecular formula is C11H18N2O. The van der Waals surface area contributed by atoms with Crippen molar-refractivity contribution in [3.63, 3.8) is 0 Å². The van der Waals surface area contributed by atoms with Crippen LogP contribution in [0.15, 0.2) is 4.63 Å². The zero-order chi connectivity index (χ0) is 9.97. The summed E-state index contributed by atoms with van der Waals surface area (Å²) >= 11 is 0. The van der Waals surface area contributed by atoms with Gasteiger partial charge in [0, 0.05) is 11.8 Å². The van der Waals surface area contributed by atoms with Crippen molar-refractivity contribution < 1.29 is 4.63 Å². The van der Waals surface area contributed by atoms with Crippen LogP contribution < -0.4 is 0 Å². The molecule has 78 valence electrons. The van der Waals surface area contributed by atoms with E-state index in [1.165, 1.54) is 32.1 Å². The molecule has 1 aromatic rings. The molecule has 0 unspecified atom stereocenters. The molecule has 0 radical (unpaired) electrons. The third-order valence-corrected chi connectivity index (χ3v) is 3.08. The average Bonchev–Trinajstić information content (AvgIpc) is 2.67. The van der Waals surface area contributed by atoms with Gasteiger partial charge >= 0.3 is 0 Å². The minimum absolute atomic E-state index is 0.429. The fourth-order valence-electron chi connectivity index (χ4n) is 2.26. The highest BCUT2D eigenvalue weighted by atomic mass is 16.6. The van der Waals surface area contributed by atoms with Gasteiger partial charge in [0.25, 0.3) is 0 Å². The number of hydrogen-bond donors (Lipinski definition) is 0. The van der Waals surface area contributed by atoms with Crippen molar-refractivity contribution >= 4 is 0 Å². The van der Waals surface area contributed by atoms with Crippen LogP contribution in [0.1, 0.15) is 69.2 Å². The predicted octanol–water partition coefficient (Wildman–Crippen LogP) is 3.24. The molecule has 0 spiro atoms. The van der Waals surface area contributed by atoms with Crippen LogP contribution in [0, 0.1) is 0 Å². The second-order valence-corrected chi connectivity index (χ2v) is 4.52. The van der Waals surface area contributed by atoms with Crippen LogP contribution in [0.2, 0.25) is 0 Å². The zero-order valence-electron chi connectivity index (χ0n) is 8.99. The standard InChI is InChI=1S/C11H18N2O/c1-8(2)10-11(13-14-12-10)9-6-4-3-5-7-9/h8-9H,3-7H2,1-2H3. The average molecular weight is 194 g/mol. The van der Waals surface area contributed by atoms with Crippen LogP contribution in [-0.2, 0) is 0 Å². The number of hydrogen-bond acceptors (Lipinski definition) is 3. The lowest BCUT2D eigenvalue weighted by molar-refractivity contribution is 0.293. The molecule has 0 saturated heterocycles. The second kappa shape index (κ2) is 4.11. The van der Waals surface area contributed by atoms with Crippen molar-refractivity contribution in [3.8, 4) is 0 Å². The molecule has 3 nitrogen and oxygen atoms in total. The van der Waals surface area contributed by atoms with E-state index in [4.69, 9.17) is 4.63 Å². The Bertz CT molecular complexity index is 287. The lowest BCUT2D eigenvalue weighted by Crippen LogP contribution is -2.08. The van der Waals surface area contributed by atoms with Gasteiger partial charge in [-0.3, -0.25) is 0 Å². The quantitative estimate of drug-likeness (QED) is 0.725. The van der Waals surface area contributed by atoms with E-state index in [1.54, 1.807) is 0 Å². The lowest BCUT2D eigenvalue weighted by atomic mass is 9.85. The number of rotatable bonds is 2. The highest BCUT2D eigenvalue weighted by Gasteiger charge is 2.24. The third kappa shape index (κ3) is 1.81. The molecule has 1 aromatic heterocycles. The molecule has 1 heterocycles. The monoisotopic (exact) mass is 194 g/mol. The molecule has 1 aliphatic carbocycles. The first-order valence-electron chi connectivity index (χ1n) is 5.61. The Labute approximate surface area is 84.8 Å². The van der Waals surface area contributed by atoms with E-state index in [0.29, 0.717) is 11.8 Å². The summed E-state index contributed by atoms with van der Waals surface area (Å²) in [4.78, 5) is 0. The summed E-state index contributed by atoms with van der Waals surface area (Å²) in [5.74, 6) is 1.03. The van der Waals surface area contributed by atoms with Gasteiger partial charge in [-0.1, -0.05) is 43.4 Å². The minimum Gasteiger partial charge on any atom is -0.244 e. The van der Waals surface area contributed by atoms with Crippen LogP contribution in [0.3, 0.4) is 0 Å². The Morgan fingerprint density at radius 2 is 1.86 bits per heavy atom. The van der Waals surface area contributed by atoms with Crippen LogP contribution in [0.25, 0.3) is 0 Å².